The Morgan fingerprint density at radius 1 is 1.40 bits per heavy atom. The molecule has 1 spiro atoms. The minimum absolute atomic E-state index is 0.0222. The normalized spacial score (nSPS) is 28.9. The van der Waals surface area contributed by atoms with Crippen LogP contribution in [0, 0.1) is 0 Å². The van der Waals surface area contributed by atoms with Crippen LogP contribution < -0.4 is 10.1 Å². The fourth-order valence-corrected chi connectivity index (χ4v) is 2.82. The van der Waals surface area contributed by atoms with Gasteiger partial charge in [-0.3, -0.25) is 0 Å². The first kappa shape index (κ1) is 9.49. The average molecular weight is 224 g/mol. The van der Waals surface area contributed by atoms with E-state index >= 15 is 0 Å². The summed E-state index contributed by atoms with van der Waals surface area (Å²) in [4.78, 5) is 0. The number of piperidine rings is 1. The van der Waals surface area contributed by atoms with Gasteiger partial charge >= 0.3 is 0 Å². The Hall–Kier alpha value is -0.730. The van der Waals surface area contributed by atoms with Gasteiger partial charge < -0.3 is 10.1 Å². The fraction of sp³-hybridized carbons (Fsp3) is 0.500. The van der Waals surface area contributed by atoms with Gasteiger partial charge in [-0.25, -0.2) is 0 Å². The van der Waals surface area contributed by atoms with Crippen molar-refractivity contribution in [2.24, 2.45) is 0 Å². The second-order valence-electron chi connectivity index (χ2n) is 4.47. The fourth-order valence-electron chi connectivity index (χ4n) is 2.58. The number of nitrogens with one attached hydrogen (secondary N) is 1. The molecule has 0 aliphatic carbocycles. The highest BCUT2D eigenvalue weighted by Gasteiger charge is 2.40. The summed E-state index contributed by atoms with van der Waals surface area (Å²) >= 11 is 6.13. The van der Waals surface area contributed by atoms with E-state index in [1.165, 1.54) is 12.0 Å². The Morgan fingerprint density at radius 3 is 3.07 bits per heavy atom. The molecule has 2 aliphatic heterocycles. The van der Waals surface area contributed by atoms with Crippen LogP contribution >= 0.6 is 11.6 Å². The average Bonchev–Trinajstić information content (AvgIpc) is 2.59. The number of hydrogen-bond donors (Lipinski definition) is 1. The standard InChI is InChI=1S/C12H14ClNO/c13-10-4-1-3-9-7-12(15-11(9)10)5-2-6-14-8-12/h1,3-4,14H,2,5-8H2. The van der Waals surface area contributed by atoms with Crippen LogP contribution in [-0.2, 0) is 6.42 Å². The third-order valence-corrected chi connectivity index (χ3v) is 3.61. The van der Waals surface area contributed by atoms with Crippen LogP contribution in [0.1, 0.15) is 18.4 Å². The zero-order valence-corrected chi connectivity index (χ0v) is 9.31. The summed E-state index contributed by atoms with van der Waals surface area (Å²) < 4.78 is 6.07. The minimum atomic E-state index is -0.0222. The summed E-state index contributed by atoms with van der Waals surface area (Å²) in [6.45, 7) is 2.05. The molecule has 0 radical (unpaired) electrons. The third-order valence-electron chi connectivity index (χ3n) is 3.31. The van der Waals surface area contributed by atoms with E-state index in [-0.39, 0.29) is 5.60 Å². The van der Waals surface area contributed by atoms with Gasteiger partial charge in [-0.2, -0.15) is 0 Å². The Morgan fingerprint density at radius 2 is 2.33 bits per heavy atom. The summed E-state index contributed by atoms with van der Waals surface area (Å²) in [7, 11) is 0. The maximum absolute atomic E-state index is 6.13. The molecule has 1 unspecified atom stereocenters. The SMILES string of the molecule is Clc1cccc2c1OC1(CCCNC1)C2. The van der Waals surface area contributed by atoms with Crippen LogP contribution in [0.25, 0.3) is 0 Å². The molecule has 2 heterocycles. The molecule has 1 aromatic carbocycles. The summed E-state index contributed by atoms with van der Waals surface area (Å²) in [6, 6.07) is 6.01. The first-order valence-electron chi connectivity index (χ1n) is 5.46. The van der Waals surface area contributed by atoms with Gasteiger partial charge in [-0.15, -0.1) is 0 Å². The van der Waals surface area contributed by atoms with Crippen molar-refractivity contribution in [2.45, 2.75) is 24.9 Å². The Bertz CT molecular complexity index is 385. The number of hydrogen-bond acceptors (Lipinski definition) is 2. The van der Waals surface area contributed by atoms with Crippen LogP contribution in [0.3, 0.4) is 0 Å². The van der Waals surface area contributed by atoms with Crippen LogP contribution in [-0.4, -0.2) is 18.7 Å². The molecule has 3 heteroatoms. The molecule has 0 amide bonds. The van der Waals surface area contributed by atoms with Crippen molar-refractivity contribution in [3.63, 3.8) is 0 Å². The number of benzene rings is 1. The van der Waals surface area contributed by atoms with Crippen molar-refractivity contribution in [3.8, 4) is 5.75 Å². The molecule has 1 N–H and O–H groups in total. The number of ether oxygens (including phenoxy) is 1. The molecule has 1 fully saturated rings. The summed E-state index contributed by atoms with van der Waals surface area (Å²) in [5.74, 6) is 0.905. The van der Waals surface area contributed by atoms with Crippen LogP contribution in [0.4, 0.5) is 0 Å². The molecule has 0 saturated carbocycles. The molecule has 15 heavy (non-hydrogen) atoms. The van der Waals surface area contributed by atoms with Gasteiger partial charge in [0.25, 0.3) is 0 Å². The molecule has 1 aromatic rings. The molecule has 3 rings (SSSR count). The van der Waals surface area contributed by atoms with Gasteiger partial charge in [0.2, 0.25) is 0 Å². The smallest absolute Gasteiger partial charge is 0.142 e. The summed E-state index contributed by atoms with van der Waals surface area (Å²) in [5.41, 5.74) is 1.23. The second kappa shape index (κ2) is 3.39. The van der Waals surface area contributed by atoms with Crippen molar-refractivity contribution in [2.75, 3.05) is 13.1 Å². The van der Waals surface area contributed by atoms with E-state index in [1.54, 1.807) is 0 Å². The van der Waals surface area contributed by atoms with Gasteiger partial charge in [-0.1, -0.05) is 23.7 Å². The van der Waals surface area contributed by atoms with Crippen molar-refractivity contribution in [1.29, 1.82) is 0 Å². The Balaban J connectivity index is 1.94. The quantitative estimate of drug-likeness (QED) is 0.729. The van der Waals surface area contributed by atoms with E-state index in [2.05, 4.69) is 11.4 Å². The summed E-state index contributed by atoms with van der Waals surface area (Å²) in [6.07, 6.45) is 3.31. The number of fused-ring (bicyclic) bond motifs is 1. The predicted octanol–water partition coefficient (Wildman–Crippen LogP) is 2.40. The molecule has 2 nitrogen and oxygen atoms in total. The van der Waals surface area contributed by atoms with Gasteiger partial charge in [0.15, 0.2) is 0 Å². The van der Waals surface area contributed by atoms with E-state index < -0.39 is 0 Å². The minimum Gasteiger partial charge on any atom is -0.484 e. The second-order valence-corrected chi connectivity index (χ2v) is 4.88. The van der Waals surface area contributed by atoms with E-state index in [0.29, 0.717) is 0 Å². The highest BCUT2D eigenvalue weighted by atomic mass is 35.5. The van der Waals surface area contributed by atoms with Crippen molar-refractivity contribution >= 4 is 11.6 Å². The predicted molar refractivity (Wildman–Crippen MR) is 60.6 cm³/mol. The van der Waals surface area contributed by atoms with Crippen molar-refractivity contribution in [3.05, 3.63) is 28.8 Å². The highest BCUT2D eigenvalue weighted by molar-refractivity contribution is 6.32. The third kappa shape index (κ3) is 1.52. The van der Waals surface area contributed by atoms with E-state index in [0.717, 1.165) is 36.7 Å². The zero-order chi connectivity index (χ0) is 10.3. The van der Waals surface area contributed by atoms with E-state index in [9.17, 15) is 0 Å². The lowest BCUT2D eigenvalue weighted by Gasteiger charge is -2.33. The van der Waals surface area contributed by atoms with E-state index in [1.807, 2.05) is 12.1 Å². The van der Waals surface area contributed by atoms with Crippen molar-refractivity contribution in [1.82, 2.24) is 5.32 Å². The largest absolute Gasteiger partial charge is 0.484 e. The molecule has 2 aliphatic rings. The Labute approximate surface area is 94.6 Å². The Kier molecular flexibility index (Phi) is 2.15. The lowest BCUT2D eigenvalue weighted by molar-refractivity contribution is 0.0661. The molecular formula is C12H14ClNO. The summed E-state index contributed by atoms with van der Waals surface area (Å²) in [5, 5.41) is 4.15. The maximum Gasteiger partial charge on any atom is 0.142 e. The first-order chi connectivity index (χ1) is 7.29. The van der Waals surface area contributed by atoms with Crippen LogP contribution in [0.15, 0.2) is 18.2 Å². The van der Waals surface area contributed by atoms with Gasteiger partial charge in [0.1, 0.15) is 11.4 Å². The number of rotatable bonds is 0. The van der Waals surface area contributed by atoms with E-state index in [4.69, 9.17) is 16.3 Å². The van der Waals surface area contributed by atoms with Gasteiger partial charge in [-0.05, 0) is 31.0 Å². The molecular weight excluding hydrogens is 210 g/mol. The van der Waals surface area contributed by atoms with Crippen LogP contribution in [0.2, 0.25) is 5.02 Å². The number of halogens is 1. The molecule has 0 aromatic heterocycles. The molecule has 80 valence electrons. The lowest BCUT2D eigenvalue weighted by atomic mass is 9.89. The van der Waals surface area contributed by atoms with Crippen molar-refractivity contribution < 1.29 is 4.74 Å². The molecule has 1 atom stereocenters. The molecule has 1 saturated heterocycles. The lowest BCUT2D eigenvalue weighted by Crippen LogP contribution is -2.49. The topological polar surface area (TPSA) is 21.3 Å². The monoisotopic (exact) mass is 223 g/mol. The maximum atomic E-state index is 6.13. The highest BCUT2D eigenvalue weighted by Crippen LogP contribution is 2.42. The zero-order valence-electron chi connectivity index (χ0n) is 8.55. The van der Waals surface area contributed by atoms with Gasteiger partial charge in [0, 0.05) is 13.0 Å². The van der Waals surface area contributed by atoms with Gasteiger partial charge in [0.05, 0.1) is 5.02 Å². The molecule has 0 bridgehead atoms. The van der Waals surface area contributed by atoms with Crippen LogP contribution in [0.5, 0.6) is 5.75 Å². The number of para-hydroxylation sites is 1. The first-order valence-corrected chi connectivity index (χ1v) is 5.84.